The molecular weight excluding hydrogens is 206 g/mol. The highest BCUT2D eigenvalue weighted by Crippen LogP contribution is 1.98. The van der Waals surface area contributed by atoms with Crippen molar-refractivity contribution < 1.29 is 9.53 Å². The zero-order valence-electron chi connectivity index (χ0n) is 10.1. The van der Waals surface area contributed by atoms with Gasteiger partial charge in [0.25, 0.3) is 0 Å². The first kappa shape index (κ1) is 14.2. The lowest BCUT2D eigenvalue weighted by atomic mass is 10.2. The molecule has 0 radical (unpaired) electrons. The van der Waals surface area contributed by atoms with Crippen LogP contribution in [0.3, 0.4) is 0 Å². The summed E-state index contributed by atoms with van der Waals surface area (Å²) in [4.78, 5) is 11.1. The Labute approximate surface area is 93.6 Å². The van der Waals surface area contributed by atoms with Crippen LogP contribution < -0.4 is 5.32 Å². The SMILES string of the molecule is COCNC(=O)CCCC#C[Si](C)(C)C. The average molecular weight is 227 g/mol. The number of unbranched alkanes of at least 4 members (excludes halogenated alkanes) is 1. The molecule has 0 aliphatic carbocycles. The molecule has 0 aromatic heterocycles. The van der Waals surface area contributed by atoms with Gasteiger partial charge in [-0.15, -0.1) is 11.5 Å². The largest absolute Gasteiger partial charge is 0.364 e. The van der Waals surface area contributed by atoms with Crippen molar-refractivity contribution in [2.45, 2.75) is 38.9 Å². The molecule has 0 spiro atoms. The Morgan fingerprint density at radius 1 is 1.40 bits per heavy atom. The van der Waals surface area contributed by atoms with Gasteiger partial charge in [0.15, 0.2) is 0 Å². The molecule has 1 amide bonds. The van der Waals surface area contributed by atoms with E-state index in [1.165, 1.54) is 0 Å². The molecule has 0 unspecified atom stereocenters. The Morgan fingerprint density at radius 2 is 2.07 bits per heavy atom. The number of nitrogens with one attached hydrogen (secondary N) is 1. The van der Waals surface area contributed by atoms with Gasteiger partial charge in [-0.1, -0.05) is 19.6 Å². The Hall–Kier alpha value is -0.793. The Kier molecular flexibility index (Phi) is 7.10. The molecule has 0 rings (SSSR count). The van der Waals surface area contributed by atoms with E-state index in [-0.39, 0.29) is 5.91 Å². The lowest BCUT2D eigenvalue weighted by Gasteiger charge is -2.03. The second kappa shape index (κ2) is 7.49. The molecule has 86 valence electrons. The van der Waals surface area contributed by atoms with Crippen LogP contribution >= 0.6 is 0 Å². The van der Waals surface area contributed by atoms with E-state index < -0.39 is 8.07 Å². The fourth-order valence-electron chi connectivity index (χ4n) is 0.906. The fraction of sp³-hybridized carbons (Fsp3) is 0.727. The second-order valence-electron chi connectivity index (χ2n) is 4.44. The molecule has 0 aromatic carbocycles. The van der Waals surface area contributed by atoms with Crippen molar-refractivity contribution in [1.29, 1.82) is 0 Å². The molecule has 0 saturated heterocycles. The van der Waals surface area contributed by atoms with Gasteiger partial charge in [0.1, 0.15) is 14.8 Å². The maximum absolute atomic E-state index is 11.1. The number of hydrogen-bond donors (Lipinski definition) is 1. The summed E-state index contributed by atoms with van der Waals surface area (Å²) in [5.74, 6) is 3.17. The van der Waals surface area contributed by atoms with E-state index in [0.717, 1.165) is 12.8 Å². The molecule has 1 N–H and O–H groups in total. The first-order chi connectivity index (χ1) is 6.95. The lowest BCUT2D eigenvalue weighted by molar-refractivity contribution is -0.122. The zero-order chi connectivity index (χ0) is 11.7. The van der Waals surface area contributed by atoms with Crippen LogP contribution in [0.1, 0.15) is 19.3 Å². The van der Waals surface area contributed by atoms with Crippen LogP contribution in [-0.2, 0) is 9.53 Å². The van der Waals surface area contributed by atoms with Gasteiger partial charge in [0, 0.05) is 20.0 Å². The summed E-state index contributed by atoms with van der Waals surface area (Å²) in [5, 5.41) is 2.64. The zero-order valence-corrected chi connectivity index (χ0v) is 11.1. The highest BCUT2D eigenvalue weighted by Gasteiger charge is 2.07. The summed E-state index contributed by atoms with van der Waals surface area (Å²) in [6.45, 7) is 6.93. The standard InChI is InChI=1S/C11H21NO2Si/c1-14-10-12-11(13)8-6-5-7-9-15(2,3)4/h5-6,8,10H2,1-4H3,(H,12,13). The Morgan fingerprint density at radius 3 is 2.60 bits per heavy atom. The third-order valence-corrected chi connectivity index (χ3v) is 2.51. The number of ether oxygens (including phenoxy) is 1. The van der Waals surface area contributed by atoms with Gasteiger partial charge in [-0.05, 0) is 6.42 Å². The first-order valence-corrected chi connectivity index (χ1v) is 8.71. The molecule has 0 fully saturated rings. The normalized spacial score (nSPS) is 10.4. The highest BCUT2D eigenvalue weighted by molar-refractivity contribution is 6.83. The molecule has 0 heterocycles. The van der Waals surface area contributed by atoms with Gasteiger partial charge in [0.2, 0.25) is 5.91 Å². The van der Waals surface area contributed by atoms with Crippen molar-refractivity contribution in [2.75, 3.05) is 13.8 Å². The van der Waals surface area contributed by atoms with Crippen molar-refractivity contribution in [3.63, 3.8) is 0 Å². The number of amides is 1. The summed E-state index contributed by atoms with van der Waals surface area (Å²) in [6, 6.07) is 0. The van der Waals surface area contributed by atoms with Crippen LogP contribution in [0.25, 0.3) is 0 Å². The van der Waals surface area contributed by atoms with Crippen LogP contribution in [0.15, 0.2) is 0 Å². The summed E-state index contributed by atoms with van der Waals surface area (Å²) in [7, 11) is 0.318. The number of hydrogen-bond acceptors (Lipinski definition) is 2. The van der Waals surface area contributed by atoms with Crippen LogP contribution in [0.2, 0.25) is 19.6 Å². The third kappa shape index (κ3) is 11.1. The van der Waals surface area contributed by atoms with Crippen molar-refractivity contribution in [3.05, 3.63) is 0 Å². The van der Waals surface area contributed by atoms with E-state index in [1.54, 1.807) is 7.11 Å². The fourth-order valence-corrected chi connectivity index (χ4v) is 1.56. The quantitative estimate of drug-likeness (QED) is 0.336. The minimum absolute atomic E-state index is 0.0339. The number of carbonyl (C=O) groups excluding carboxylic acids is 1. The molecule has 4 heteroatoms. The van der Waals surface area contributed by atoms with E-state index in [0.29, 0.717) is 13.2 Å². The molecule has 0 aliphatic rings. The summed E-state index contributed by atoms with van der Waals surface area (Å²) >= 11 is 0. The molecule has 0 aliphatic heterocycles. The molecule has 0 saturated carbocycles. The molecule has 0 bridgehead atoms. The average Bonchev–Trinajstić information content (AvgIpc) is 2.12. The van der Waals surface area contributed by atoms with E-state index >= 15 is 0 Å². The number of methoxy groups -OCH3 is 1. The van der Waals surface area contributed by atoms with Crippen LogP contribution in [0, 0.1) is 11.5 Å². The lowest BCUT2D eigenvalue weighted by Crippen LogP contribution is -2.24. The molecule has 0 aromatic rings. The van der Waals surface area contributed by atoms with Crippen molar-refractivity contribution in [1.82, 2.24) is 5.32 Å². The van der Waals surface area contributed by atoms with Crippen molar-refractivity contribution in [2.24, 2.45) is 0 Å². The predicted molar refractivity (Wildman–Crippen MR) is 65.0 cm³/mol. The van der Waals surface area contributed by atoms with Gasteiger partial charge >= 0.3 is 0 Å². The van der Waals surface area contributed by atoms with Crippen LogP contribution in [-0.4, -0.2) is 27.8 Å². The summed E-state index contributed by atoms with van der Waals surface area (Å²) in [6.07, 6.45) is 2.17. The Bertz CT molecular complexity index is 248. The van der Waals surface area contributed by atoms with Gasteiger partial charge in [-0.3, -0.25) is 4.79 Å². The second-order valence-corrected chi connectivity index (χ2v) is 9.19. The van der Waals surface area contributed by atoms with Crippen LogP contribution in [0.4, 0.5) is 0 Å². The summed E-state index contributed by atoms with van der Waals surface area (Å²) < 4.78 is 4.73. The maximum atomic E-state index is 11.1. The highest BCUT2D eigenvalue weighted by atomic mass is 28.3. The van der Waals surface area contributed by atoms with E-state index in [2.05, 4.69) is 36.4 Å². The minimum atomic E-state index is -1.24. The summed E-state index contributed by atoms with van der Waals surface area (Å²) in [5.41, 5.74) is 3.27. The number of rotatable bonds is 5. The Balaban J connectivity index is 3.53. The monoisotopic (exact) mass is 227 g/mol. The van der Waals surface area contributed by atoms with Crippen LogP contribution in [0.5, 0.6) is 0 Å². The topological polar surface area (TPSA) is 38.3 Å². The number of carbonyl (C=O) groups is 1. The molecular formula is C11H21NO2Si. The van der Waals surface area contributed by atoms with E-state index in [1.807, 2.05) is 0 Å². The minimum Gasteiger partial charge on any atom is -0.364 e. The molecule has 3 nitrogen and oxygen atoms in total. The van der Waals surface area contributed by atoms with Crippen molar-refractivity contribution >= 4 is 14.0 Å². The maximum Gasteiger partial charge on any atom is 0.221 e. The van der Waals surface area contributed by atoms with Crippen molar-refractivity contribution in [3.8, 4) is 11.5 Å². The van der Waals surface area contributed by atoms with E-state index in [9.17, 15) is 4.79 Å². The van der Waals surface area contributed by atoms with E-state index in [4.69, 9.17) is 4.74 Å². The molecule has 0 atom stereocenters. The van der Waals surface area contributed by atoms with Gasteiger partial charge < -0.3 is 10.1 Å². The first-order valence-electron chi connectivity index (χ1n) is 5.21. The van der Waals surface area contributed by atoms with Gasteiger partial charge in [0.05, 0.1) is 0 Å². The predicted octanol–water partition coefficient (Wildman–Crippen LogP) is 1.76. The smallest absolute Gasteiger partial charge is 0.221 e. The molecule has 15 heavy (non-hydrogen) atoms. The third-order valence-electron chi connectivity index (χ3n) is 1.58. The van der Waals surface area contributed by atoms with Gasteiger partial charge in [-0.25, -0.2) is 0 Å². The van der Waals surface area contributed by atoms with Gasteiger partial charge in [-0.2, -0.15) is 0 Å².